The molecule has 0 aliphatic heterocycles. The summed E-state index contributed by atoms with van der Waals surface area (Å²) in [6.45, 7) is 8.00. The van der Waals surface area contributed by atoms with Gasteiger partial charge in [-0.2, -0.15) is 0 Å². The Morgan fingerprint density at radius 3 is 1.71 bits per heavy atom. The van der Waals surface area contributed by atoms with Crippen LogP contribution in [0.3, 0.4) is 0 Å². The quantitative estimate of drug-likeness (QED) is 0.621. The molecule has 1 heteroatoms. The Labute approximate surface area is 87.6 Å². The molecule has 14 heavy (non-hydrogen) atoms. The van der Waals surface area contributed by atoms with Crippen molar-refractivity contribution in [1.82, 2.24) is 4.98 Å². The van der Waals surface area contributed by atoms with Gasteiger partial charge in [0, 0.05) is 12.4 Å². The van der Waals surface area contributed by atoms with Crippen molar-refractivity contribution in [3.05, 3.63) is 35.7 Å². The van der Waals surface area contributed by atoms with Crippen LogP contribution in [0.25, 0.3) is 12.2 Å². The van der Waals surface area contributed by atoms with Crippen LogP contribution in [-0.4, -0.2) is 4.98 Å². The third-order valence-electron chi connectivity index (χ3n) is 1.68. The Kier molecular flexibility index (Phi) is 7.62. The Balaban J connectivity index is 0.000000379. The lowest BCUT2D eigenvalue weighted by atomic mass is 10.2. The molecule has 0 amide bonds. The van der Waals surface area contributed by atoms with Crippen molar-refractivity contribution in [3.63, 3.8) is 0 Å². The highest BCUT2D eigenvalue weighted by Crippen LogP contribution is 2.15. The van der Waals surface area contributed by atoms with Crippen LogP contribution in [0.4, 0.5) is 0 Å². The summed E-state index contributed by atoms with van der Waals surface area (Å²) in [6.07, 6.45) is 13.7. The van der Waals surface area contributed by atoms with E-state index >= 15 is 0 Å². The number of aromatic nitrogens is 1. The Bertz CT molecular complexity index is 253. The van der Waals surface area contributed by atoms with E-state index in [9.17, 15) is 0 Å². The predicted molar refractivity (Wildman–Crippen MR) is 66.2 cm³/mol. The first-order chi connectivity index (χ1) is 6.97. The van der Waals surface area contributed by atoms with Crippen molar-refractivity contribution in [3.8, 4) is 0 Å². The summed E-state index contributed by atoms with van der Waals surface area (Å²) >= 11 is 0. The largest absolute Gasteiger partial charge is 0.366 e. The zero-order chi connectivity index (χ0) is 10.8. The minimum absolute atomic E-state index is 1.05. The SMILES string of the molecule is C1=Cc2c[nH]cc2C=CC1.CC.CC. The molecule has 0 saturated carbocycles. The monoisotopic (exact) mass is 191 g/mol. The van der Waals surface area contributed by atoms with Gasteiger partial charge in [-0.15, -0.1) is 0 Å². The molecular formula is C13H21N. The number of hydrogen-bond donors (Lipinski definition) is 1. The number of hydrogen-bond acceptors (Lipinski definition) is 0. The van der Waals surface area contributed by atoms with Crippen molar-refractivity contribution < 1.29 is 0 Å². The fraction of sp³-hybridized carbons (Fsp3) is 0.385. The topological polar surface area (TPSA) is 15.8 Å². The molecule has 1 aliphatic rings. The smallest absolute Gasteiger partial charge is 0.00842 e. The Morgan fingerprint density at radius 1 is 0.857 bits per heavy atom. The van der Waals surface area contributed by atoms with Crippen LogP contribution >= 0.6 is 0 Å². The Hall–Kier alpha value is -1.24. The molecular weight excluding hydrogens is 170 g/mol. The molecule has 0 fully saturated rings. The highest BCUT2D eigenvalue weighted by atomic mass is 14.6. The van der Waals surface area contributed by atoms with Crippen LogP contribution in [0.2, 0.25) is 0 Å². The molecule has 1 nitrogen and oxygen atoms in total. The van der Waals surface area contributed by atoms with Crippen LogP contribution < -0.4 is 0 Å². The minimum atomic E-state index is 1.05. The summed E-state index contributed by atoms with van der Waals surface area (Å²) in [4.78, 5) is 3.07. The minimum Gasteiger partial charge on any atom is -0.366 e. The number of H-pyrrole nitrogens is 1. The van der Waals surface area contributed by atoms with Gasteiger partial charge in [0.15, 0.2) is 0 Å². The molecule has 0 spiro atoms. The molecule has 0 bridgehead atoms. The maximum atomic E-state index is 3.07. The molecule has 1 N–H and O–H groups in total. The zero-order valence-corrected chi connectivity index (χ0v) is 9.67. The van der Waals surface area contributed by atoms with E-state index in [1.54, 1.807) is 0 Å². The fourth-order valence-electron chi connectivity index (χ4n) is 1.15. The normalized spacial score (nSPS) is 11.4. The lowest BCUT2D eigenvalue weighted by Crippen LogP contribution is -1.66. The first-order valence-electron chi connectivity index (χ1n) is 5.47. The third-order valence-corrected chi connectivity index (χ3v) is 1.68. The molecule has 0 atom stereocenters. The predicted octanol–water partition coefficient (Wildman–Crippen LogP) is 4.50. The van der Waals surface area contributed by atoms with E-state index in [2.05, 4.69) is 29.3 Å². The van der Waals surface area contributed by atoms with Crippen molar-refractivity contribution in [2.24, 2.45) is 0 Å². The van der Waals surface area contributed by atoms with Crippen molar-refractivity contribution in [1.29, 1.82) is 0 Å². The summed E-state index contributed by atoms with van der Waals surface area (Å²) < 4.78 is 0. The standard InChI is InChI=1S/C9H9N.2C2H6/c1-2-4-8-6-10-7-9(8)5-3-1;2*1-2/h2-7,10H,1H2;2*1-2H3. The van der Waals surface area contributed by atoms with Crippen LogP contribution in [0, 0.1) is 0 Å². The van der Waals surface area contributed by atoms with Gasteiger partial charge >= 0.3 is 0 Å². The number of rotatable bonds is 0. The van der Waals surface area contributed by atoms with Crippen LogP contribution in [0.1, 0.15) is 45.2 Å². The lowest BCUT2D eigenvalue weighted by Gasteiger charge is -1.84. The van der Waals surface area contributed by atoms with Gasteiger partial charge in [0.2, 0.25) is 0 Å². The summed E-state index contributed by atoms with van der Waals surface area (Å²) in [7, 11) is 0. The van der Waals surface area contributed by atoms with E-state index in [4.69, 9.17) is 0 Å². The summed E-state index contributed by atoms with van der Waals surface area (Å²) in [5.74, 6) is 0. The van der Waals surface area contributed by atoms with Crippen LogP contribution in [0.15, 0.2) is 24.5 Å². The first kappa shape index (κ1) is 12.8. The fourth-order valence-corrected chi connectivity index (χ4v) is 1.15. The number of aromatic amines is 1. The highest BCUT2D eigenvalue weighted by Gasteiger charge is 1.96. The summed E-state index contributed by atoms with van der Waals surface area (Å²) in [5.41, 5.74) is 2.57. The van der Waals surface area contributed by atoms with Gasteiger partial charge in [0.1, 0.15) is 0 Å². The van der Waals surface area contributed by atoms with Crippen LogP contribution in [0.5, 0.6) is 0 Å². The molecule has 1 heterocycles. The zero-order valence-electron chi connectivity index (χ0n) is 9.67. The second-order valence-corrected chi connectivity index (χ2v) is 2.41. The lowest BCUT2D eigenvalue weighted by molar-refractivity contribution is 1.39. The Morgan fingerprint density at radius 2 is 1.29 bits per heavy atom. The highest BCUT2D eigenvalue weighted by molar-refractivity contribution is 5.66. The van der Waals surface area contributed by atoms with E-state index in [1.807, 2.05) is 40.1 Å². The van der Waals surface area contributed by atoms with Gasteiger partial charge in [0.05, 0.1) is 0 Å². The molecule has 78 valence electrons. The van der Waals surface area contributed by atoms with Gasteiger partial charge in [-0.05, 0) is 17.5 Å². The molecule has 1 aromatic rings. The summed E-state index contributed by atoms with van der Waals surface area (Å²) in [5, 5.41) is 0. The molecule has 0 radical (unpaired) electrons. The molecule has 2 rings (SSSR count). The third kappa shape index (κ3) is 3.65. The molecule has 1 aliphatic carbocycles. The number of nitrogens with one attached hydrogen (secondary N) is 1. The maximum absolute atomic E-state index is 3.07. The molecule has 0 saturated heterocycles. The number of fused-ring (bicyclic) bond motifs is 1. The van der Waals surface area contributed by atoms with E-state index in [0.29, 0.717) is 0 Å². The summed E-state index contributed by atoms with van der Waals surface area (Å²) in [6, 6.07) is 0. The average molecular weight is 191 g/mol. The van der Waals surface area contributed by atoms with E-state index in [0.717, 1.165) is 6.42 Å². The van der Waals surface area contributed by atoms with Gasteiger partial charge in [-0.1, -0.05) is 52.0 Å². The number of allylic oxidation sites excluding steroid dienone is 2. The maximum Gasteiger partial charge on any atom is 0.00842 e. The van der Waals surface area contributed by atoms with E-state index in [-0.39, 0.29) is 0 Å². The average Bonchev–Trinajstić information content (AvgIpc) is 2.61. The first-order valence-corrected chi connectivity index (χ1v) is 5.47. The van der Waals surface area contributed by atoms with Gasteiger partial charge in [-0.3, -0.25) is 0 Å². The second kappa shape index (κ2) is 8.36. The van der Waals surface area contributed by atoms with Gasteiger partial charge in [0.25, 0.3) is 0 Å². The van der Waals surface area contributed by atoms with E-state index < -0.39 is 0 Å². The van der Waals surface area contributed by atoms with Gasteiger partial charge < -0.3 is 4.98 Å². The molecule has 0 unspecified atom stereocenters. The van der Waals surface area contributed by atoms with Gasteiger partial charge in [-0.25, -0.2) is 0 Å². The second-order valence-electron chi connectivity index (χ2n) is 2.41. The van der Waals surface area contributed by atoms with Crippen molar-refractivity contribution >= 4 is 12.2 Å². The van der Waals surface area contributed by atoms with Crippen molar-refractivity contribution in [2.75, 3.05) is 0 Å². The van der Waals surface area contributed by atoms with Crippen molar-refractivity contribution in [2.45, 2.75) is 34.1 Å². The molecule has 1 aromatic heterocycles. The van der Waals surface area contributed by atoms with E-state index in [1.165, 1.54) is 11.1 Å². The van der Waals surface area contributed by atoms with Crippen LogP contribution in [-0.2, 0) is 0 Å². The molecule has 0 aromatic carbocycles.